The maximum absolute atomic E-state index is 12.3. The van der Waals surface area contributed by atoms with Crippen LogP contribution in [0.5, 0.6) is 5.75 Å². The first-order chi connectivity index (χ1) is 13.8. The zero-order valence-electron chi connectivity index (χ0n) is 14.7. The largest absolute Gasteiger partial charge is 0.505 e. The summed E-state index contributed by atoms with van der Waals surface area (Å²) in [6.45, 7) is 0. The number of aromatic hydroxyl groups is 1. The summed E-state index contributed by atoms with van der Waals surface area (Å²) in [4.78, 5) is 23.2. The molecule has 0 aliphatic carbocycles. The topological polar surface area (TPSA) is 144 Å². The number of phenols is 1. The van der Waals surface area contributed by atoms with Crippen molar-refractivity contribution in [1.82, 2.24) is 5.32 Å². The lowest BCUT2D eigenvalue weighted by Gasteiger charge is -2.17. The summed E-state index contributed by atoms with van der Waals surface area (Å²) >= 11 is 11.3. The fourth-order valence-corrected chi connectivity index (χ4v) is 3.34. The molecule has 29 heavy (non-hydrogen) atoms. The first kappa shape index (κ1) is 20.2. The molecule has 1 aromatic heterocycles. The van der Waals surface area contributed by atoms with Gasteiger partial charge in [-0.05, 0) is 24.3 Å². The summed E-state index contributed by atoms with van der Waals surface area (Å²) in [5, 5.41) is 15.5. The van der Waals surface area contributed by atoms with Crippen molar-refractivity contribution in [1.29, 1.82) is 0 Å². The number of phenolic OH excluding ortho intramolecular Hbond substituents is 1. The molecule has 0 aliphatic rings. The minimum atomic E-state index is -0.904. The van der Waals surface area contributed by atoms with Gasteiger partial charge in [-0.1, -0.05) is 42.0 Å². The molecule has 0 bridgehead atoms. The van der Waals surface area contributed by atoms with Gasteiger partial charge >= 0.3 is 6.03 Å². The third kappa shape index (κ3) is 4.15. The summed E-state index contributed by atoms with van der Waals surface area (Å²) in [6, 6.07) is 10.5. The van der Waals surface area contributed by atoms with Crippen LogP contribution < -0.4 is 22.1 Å². The highest BCUT2D eigenvalue weighted by Crippen LogP contribution is 2.42. The van der Waals surface area contributed by atoms with E-state index in [4.69, 9.17) is 39.7 Å². The number of carbonyl (C=O) groups is 2. The monoisotopic (exact) mass is 430 g/mol. The molecule has 0 unspecified atom stereocenters. The Morgan fingerprint density at radius 1 is 1.14 bits per heavy atom. The third-order valence-electron chi connectivity index (χ3n) is 3.97. The zero-order valence-corrected chi connectivity index (χ0v) is 16.3. The van der Waals surface area contributed by atoms with E-state index in [-0.39, 0.29) is 27.0 Å². The van der Waals surface area contributed by atoms with Gasteiger partial charge in [-0.2, -0.15) is 0 Å². The molecule has 0 radical (unpaired) electrons. The second kappa shape index (κ2) is 8.21. The van der Waals surface area contributed by atoms with E-state index in [2.05, 4.69) is 10.6 Å². The lowest BCUT2D eigenvalue weighted by atomic mass is 9.98. The van der Waals surface area contributed by atoms with Gasteiger partial charge in [0.15, 0.2) is 11.5 Å². The van der Waals surface area contributed by atoms with Crippen molar-refractivity contribution < 1.29 is 19.1 Å². The summed E-state index contributed by atoms with van der Waals surface area (Å²) in [5.41, 5.74) is 12.4. The Morgan fingerprint density at radius 3 is 2.52 bits per heavy atom. The minimum Gasteiger partial charge on any atom is -0.505 e. The molecule has 0 aliphatic heterocycles. The fraction of sp³-hybridized carbons (Fsp3) is 0. The van der Waals surface area contributed by atoms with Crippen molar-refractivity contribution in [2.45, 2.75) is 0 Å². The molecular formula is C19H15ClN4O4S. The predicted molar refractivity (Wildman–Crippen MR) is 114 cm³/mol. The van der Waals surface area contributed by atoms with Crippen LogP contribution >= 0.6 is 23.8 Å². The third-order valence-corrected chi connectivity index (χ3v) is 4.57. The fourth-order valence-electron chi connectivity index (χ4n) is 2.68. The van der Waals surface area contributed by atoms with E-state index in [1.165, 1.54) is 18.4 Å². The summed E-state index contributed by atoms with van der Waals surface area (Å²) in [7, 11) is 0. The molecule has 2 aromatic carbocycles. The van der Waals surface area contributed by atoms with Crippen LogP contribution in [0, 0.1) is 0 Å². The molecule has 0 saturated carbocycles. The van der Waals surface area contributed by atoms with Crippen LogP contribution in [0.1, 0.15) is 16.1 Å². The maximum atomic E-state index is 12.3. The van der Waals surface area contributed by atoms with E-state index in [1.807, 2.05) is 0 Å². The van der Waals surface area contributed by atoms with Gasteiger partial charge in [0, 0.05) is 16.8 Å². The number of nitrogens with two attached hydrogens (primary N) is 2. The summed E-state index contributed by atoms with van der Waals surface area (Å²) in [6.07, 6.45) is 1.39. The van der Waals surface area contributed by atoms with Gasteiger partial charge in [-0.3, -0.25) is 10.1 Å². The van der Waals surface area contributed by atoms with Gasteiger partial charge in [0.05, 0.1) is 22.5 Å². The molecule has 148 valence electrons. The molecule has 3 rings (SSSR count). The standard InChI is InChI=1S/C19H15ClN4O4S/c20-11-8-10(15(21)16(25)14(11)18(29)24-19(22)27)9-4-1-2-5-12(9)23-17(26)13-6-3-7-28-13/h1-8,25H,21H2,(H,23,26)(H3,22,24,27,29). The molecule has 0 spiro atoms. The van der Waals surface area contributed by atoms with Gasteiger partial charge < -0.3 is 26.3 Å². The molecule has 10 heteroatoms. The molecule has 3 amide bonds. The van der Waals surface area contributed by atoms with Crippen molar-refractivity contribution >= 4 is 52.1 Å². The number of halogens is 1. The number of nitrogens with one attached hydrogen (secondary N) is 2. The van der Waals surface area contributed by atoms with Crippen molar-refractivity contribution in [3.8, 4) is 16.9 Å². The lowest BCUT2D eigenvalue weighted by molar-refractivity contribution is 0.0996. The van der Waals surface area contributed by atoms with E-state index in [9.17, 15) is 14.7 Å². The van der Waals surface area contributed by atoms with Crippen molar-refractivity contribution in [3.05, 3.63) is 65.1 Å². The number of hydrogen-bond donors (Lipinski definition) is 5. The number of benzene rings is 2. The summed E-state index contributed by atoms with van der Waals surface area (Å²) < 4.78 is 5.09. The maximum Gasteiger partial charge on any atom is 0.317 e. The van der Waals surface area contributed by atoms with Gasteiger partial charge in [0.1, 0.15) is 4.99 Å². The van der Waals surface area contributed by atoms with Crippen molar-refractivity contribution in [3.63, 3.8) is 0 Å². The number of furan rings is 1. The number of para-hydroxylation sites is 1. The normalized spacial score (nSPS) is 10.4. The Kier molecular flexibility index (Phi) is 5.71. The van der Waals surface area contributed by atoms with E-state index < -0.39 is 17.7 Å². The van der Waals surface area contributed by atoms with Crippen LogP contribution in [-0.4, -0.2) is 22.0 Å². The molecule has 0 atom stereocenters. The van der Waals surface area contributed by atoms with Crippen LogP contribution in [0.2, 0.25) is 5.02 Å². The van der Waals surface area contributed by atoms with Crippen LogP contribution in [-0.2, 0) is 0 Å². The number of anilines is 2. The van der Waals surface area contributed by atoms with E-state index in [0.717, 1.165) is 0 Å². The highest BCUT2D eigenvalue weighted by atomic mass is 35.5. The molecule has 0 saturated heterocycles. The van der Waals surface area contributed by atoms with Crippen LogP contribution in [0.25, 0.3) is 11.1 Å². The second-order valence-corrected chi connectivity index (χ2v) is 6.65. The molecule has 7 N–H and O–H groups in total. The number of rotatable bonds is 4. The number of amides is 3. The van der Waals surface area contributed by atoms with Gasteiger partial charge in [0.2, 0.25) is 0 Å². The molecule has 3 aromatic rings. The Hall–Kier alpha value is -3.56. The average molecular weight is 431 g/mol. The lowest BCUT2D eigenvalue weighted by Crippen LogP contribution is -2.34. The van der Waals surface area contributed by atoms with Gasteiger partial charge in [-0.25, -0.2) is 4.79 Å². The first-order valence-corrected chi connectivity index (χ1v) is 8.94. The highest BCUT2D eigenvalue weighted by molar-refractivity contribution is 7.80. The average Bonchev–Trinajstić information content (AvgIpc) is 3.20. The number of carbonyl (C=O) groups excluding carboxylic acids is 2. The molecule has 8 nitrogen and oxygen atoms in total. The number of urea groups is 1. The number of nitrogen functional groups attached to an aromatic ring is 1. The van der Waals surface area contributed by atoms with Crippen LogP contribution in [0.15, 0.2) is 53.1 Å². The number of primary amides is 1. The Bertz CT molecular complexity index is 1120. The smallest absolute Gasteiger partial charge is 0.317 e. The van der Waals surface area contributed by atoms with Gasteiger partial charge in [-0.15, -0.1) is 0 Å². The van der Waals surface area contributed by atoms with E-state index in [1.54, 1.807) is 30.3 Å². The van der Waals surface area contributed by atoms with E-state index >= 15 is 0 Å². The minimum absolute atomic E-state index is 0.0289. The summed E-state index contributed by atoms with van der Waals surface area (Å²) in [5.74, 6) is -0.745. The zero-order chi connectivity index (χ0) is 21.1. The predicted octanol–water partition coefficient (Wildman–Crippen LogP) is 3.48. The number of hydrogen-bond acceptors (Lipinski definition) is 6. The molecule has 1 heterocycles. The van der Waals surface area contributed by atoms with Crippen LogP contribution in [0.4, 0.5) is 16.2 Å². The quantitative estimate of drug-likeness (QED) is 0.243. The van der Waals surface area contributed by atoms with E-state index in [0.29, 0.717) is 16.8 Å². The van der Waals surface area contributed by atoms with Crippen molar-refractivity contribution in [2.24, 2.45) is 5.73 Å². The number of thiocarbonyl (C=S) groups is 1. The molecule has 0 fully saturated rings. The van der Waals surface area contributed by atoms with Gasteiger partial charge in [0.25, 0.3) is 5.91 Å². The highest BCUT2D eigenvalue weighted by Gasteiger charge is 2.21. The Morgan fingerprint density at radius 2 is 1.86 bits per heavy atom. The Balaban J connectivity index is 2.05. The SMILES string of the molecule is NC(=O)NC(=S)c1c(Cl)cc(-c2ccccc2NC(=O)c2ccco2)c(N)c1O. The first-order valence-electron chi connectivity index (χ1n) is 8.15. The van der Waals surface area contributed by atoms with Crippen LogP contribution in [0.3, 0.4) is 0 Å². The van der Waals surface area contributed by atoms with Crippen molar-refractivity contribution in [2.75, 3.05) is 11.1 Å². The Labute approximate surface area is 175 Å². The second-order valence-electron chi connectivity index (χ2n) is 5.84. The molecular weight excluding hydrogens is 416 g/mol.